The summed E-state index contributed by atoms with van der Waals surface area (Å²) in [6.45, 7) is 5.06. The van der Waals surface area contributed by atoms with Crippen LogP contribution < -0.4 is 5.32 Å². The van der Waals surface area contributed by atoms with Crippen LogP contribution >= 0.6 is 0 Å². The summed E-state index contributed by atoms with van der Waals surface area (Å²) >= 11 is 0. The molecule has 0 aromatic carbocycles. The van der Waals surface area contributed by atoms with Crippen LogP contribution in [-0.2, 0) is 16.0 Å². The number of rotatable bonds is 4. The highest BCUT2D eigenvalue weighted by Crippen LogP contribution is 2.08. The minimum Gasteiger partial charge on any atom is -0.480 e. The van der Waals surface area contributed by atoms with E-state index in [2.05, 4.69) is 10.3 Å². The summed E-state index contributed by atoms with van der Waals surface area (Å²) in [6, 6.07) is 3.82. The van der Waals surface area contributed by atoms with E-state index in [0.717, 1.165) is 0 Å². The quantitative estimate of drug-likeness (QED) is 0.868. The van der Waals surface area contributed by atoms with Crippen LogP contribution in [-0.4, -0.2) is 33.8 Å². The van der Waals surface area contributed by atoms with E-state index in [1.54, 1.807) is 26.8 Å². The van der Waals surface area contributed by atoms with Crippen molar-refractivity contribution in [3.63, 3.8) is 0 Å². The van der Waals surface area contributed by atoms with Crippen molar-refractivity contribution in [1.82, 2.24) is 10.3 Å². The van der Waals surface area contributed by atoms with Crippen LogP contribution in [0, 0.1) is 11.3 Å². The van der Waals surface area contributed by atoms with Crippen LogP contribution in [0.5, 0.6) is 0 Å². The predicted molar refractivity (Wildman–Crippen MR) is 73.4 cm³/mol. The van der Waals surface area contributed by atoms with Crippen molar-refractivity contribution in [3.05, 3.63) is 29.6 Å². The molecule has 7 nitrogen and oxygen atoms in total. The fourth-order valence-electron chi connectivity index (χ4n) is 1.50. The lowest BCUT2D eigenvalue weighted by Crippen LogP contribution is -2.44. The number of aliphatic carboxylic acids is 1. The average Bonchev–Trinajstić information content (AvgIpc) is 2.36. The first-order chi connectivity index (χ1) is 9.71. The topological polar surface area (TPSA) is 112 Å². The van der Waals surface area contributed by atoms with Gasteiger partial charge in [-0.3, -0.25) is 0 Å². The molecule has 0 saturated carbocycles. The van der Waals surface area contributed by atoms with Crippen molar-refractivity contribution >= 4 is 12.1 Å². The summed E-state index contributed by atoms with van der Waals surface area (Å²) in [6.07, 6.45) is 0.662. The summed E-state index contributed by atoms with van der Waals surface area (Å²) in [5.41, 5.74) is 0.131. The molecule has 0 radical (unpaired) electrons. The molecule has 0 saturated heterocycles. The molecule has 0 aliphatic heterocycles. The second-order valence-electron chi connectivity index (χ2n) is 5.40. The number of nitrogens with one attached hydrogen (secondary N) is 1. The highest BCUT2D eigenvalue weighted by molar-refractivity contribution is 5.80. The average molecular weight is 291 g/mol. The number of carboxylic acids is 1. The molecule has 21 heavy (non-hydrogen) atoms. The maximum atomic E-state index is 11.6. The van der Waals surface area contributed by atoms with Gasteiger partial charge in [0.05, 0.1) is 0 Å². The number of pyridine rings is 1. The van der Waals surface area contributed by atoms with Crippen LogP contribution in [0.15, 0.2) is 18.3 Å². The van der Waals surface area contributed by atoms with E-state index in [0.29, 0.717) is 5.56 Å². The molecule has 2 N–H and O–H groups in total. The van der Waals surface area contributed by atoms with E-state index in [-0.39, 0.29) is 12.1 Å². The van der Waals surface area contributed by atoms with Gasteiger partial charge in [0.1, 0.15) is 23.4 Å². The number of carbonyl (C=O) groups is 2. The number of amides is 1. The molecule has 0 fully saturated rings. The number of nitrogens with zero attached hydrogens (tertiary/aromatic N) is 2. The highest BCUT2D eigenvalue weighted by Gasteiger charge is 2.24. The zero-order chi connectivity index (χ0) is 16.0. The minimum atomic E-state index is -1.18. The van der Waals surface area contributed by atoms with Crippen LogP contribution in [0.3, 0.4) is 0 Å². The van der Waals surface area contributed by atoms with E-state index < -0.39 is 23.7 Å². The molecule has 1 aromatic heterocycles. The van der Waals surface area contributed by atoms with Gasteiger partial charge >= 0.3 is 12.1 Å². The van der Waals surface area contributed by atoms with Crippen molar-refractivity contribution in [2.75, 3.05) is 0 Å². The van der Waals surface area contributed by atoms with Crippen molar-refractivity contribution in [1.29, 1.82) is 5.26 Å². The van der Waals surface area contributed by atoms with Gasteiger partial charge in [-0.25, -0.2) is 14.6 Å². The van der Waals surface area contributed by atoms with Gasteiger partial charge in [-0.15, -0.1) is 0 Å². The Morgan fingerprint density at radius 3 is 2.57 bits per heavy atom. The zero-order valence-corrected chi connectivity index (χ0v) is 12.1. The van der Waals surface area contributed by atoms with Gasteiger partial charge in [-0.2, -0.15) is 5.26 Å². The second-order valence-corrected chi connectivity index (χ2v) is 5.40. The third kappa shape index (κ3) is 5.91. The smallest absolute Gasteiger partial charge is 0.408 e. The van der Waals surface area contributed by atoms with Gasteiger partial charge < -0.3 is 15.2 Å². The van der Waals surface area contributed by atoms with Crippen molar-refractivity contribution in [2.24, 2.45) is 0 Å². The van der Waals surface area contributed by atoms with Gasteiger partial charge in [-0.05, 0) is 32.4 Å². The van der Waals surface area contributed by atoms with Crippen LogP contribution in [0.2, 0.25) is 0 Å². The SMILES string of the molecule is CC(C)(C)OC(=O)NC(Cc1ccc(C#N)nc1)C(=O)O. The largest absolute Gasteiger partial charge is 0.480 e. The Bertz CT molecular complexity index is 555. The van der Waals surface area contributed by atoms with Crippen LogP contribution in [0.1, 0.15) is 32.0 Å². The first-order valence-corrected chi connectivity index (χ1v) is 6.28. The number of aromatic nitrogens is 1. The molecule has 0 bridgehead atoms. The Morgan fingerprint density at radius 1 is 1.48 bits per heavy atom. The summed E-state index contributed by atoms with van der Waals surface area (Å²) < 4.78 is 5.02. The molecular formula is C14H17N3O4. The van der Waals surface area contributed by atoms with Gasteiger partial charge in [0.15, 0.2) is 0 Å². The van der Waals surface area contributed by atoms with Crippen LogP contribution in [0.4, 0.5) is 4.79 Å². The van der Waals surface area contributed by atoms with E-state index in [1.807, 2.05) is 6.07 Å². The fraction of sp³-hybridized carbons (Fsp3) is 0.429. The third-order valence-corrected chi connectivity index (χ3v) is 2.37. The van der Waals surface area contributed by atoms with Crippen molar-refractivity contribution in [3.8, 4) is 6.07 Å². The maximum absolute atomic E-state index is 11.6. The standard InChI is InChI=1S/C14H17N3O4/c1-14(2,3)21-13(20)17-11(12(18)19)6-9-4-5-10(7-15)16-8-9/h4-5,8,11H,6H2,1-3H3,(H,17,20)(H,18,19). The molecule has 0 spiro atoms. The molecule has 7 heteroatoms. The van der Waals surface area contributed by atoms with Crippen molar-refractivity contribution in [2.45, 2.75) is 38.8 Å². The predicted octanol–water partition coefficient (Wildman–Crippen LogP) is 1.47. The lowest BCUT2D eigenvalue weighted by atomic mass is 10.1. The summed E-state index contributed by atoms with van der Waals surface area (Å²) in [5, 5.41) is 20.1. The molecule has 1 unspecified atom stereocenters. The van der Waals surface area contributed by atoms with Crippen LogP contribution in [0.25, 0.3) is 0 Å². The van der Waals surface area contributed by atoms with Crippen molar-refractivity contribution < 1.29 is 19.4 Å². The van der Waals surface area contributed by atoms with Gasteiger partial charge in [0, 0.05) is 12.6 Å². The lowest BCUT2D eigenvalue weighted by Gasteiger charge is -2.22. The molecule has 1 aromatic rings. The fourth-order valence-corrected chi connectivity index (χ4v) is 1.50. The third-order valence-electron chi connectivity index (χ3n) is 2.37. The number of hydrogen-bond acceptors (Lipinski definition) is 5. The van der Waals surface area contributed by atoms with Gasteiger partial charge in [0.25, 0.3) is 0 Å². The monoisotopic (exact) mass is 291 g/mol. The number of ether oxygens (including phenoxy) is 1. The van der Waals surface area contributed by atoms with E-state index >= 15 is 0 Å². The highest BCUT2D eigenvalue weighted by atomic mass is 16.6. The lowest BCUT2D eigenvalue weighted by molar-refractivity contribution is -0.139. The molecule has 0 aliphatic rings. The number of hydrogen-bond donors (Lipinski definition) is 2. The molecule has 1 heterocycles. The minimum absolute atomic E-state index is 0.0489. The number of nitriles is 1. The zero-order valence-electron chi connectivity index (χ0n) is 12.1. The molecular weight excluding hydrogens is 274 g/mol. The Hall–Kier alpha value is -2.62. The number of carboxylic acid groups (broad SMARTS) is 1. The molecule has 1 amide bonds. The summed E-state index contributed by atoms with van der Waals surface area (Å²) in [7, 11) is 0. The first kappa shape index (κ1) is 16.4. The number of alkyl carbamates (subject to hydrolysis) is 1. The Balaban J connectivity index is 2.72. The van der Waals surface area contributed by atoms with E-state index in [4.69, 9.17) is 15.1 Å². The Labute approximate surface area is 122 Å². The second kappa shape index (κ2) is 6.70. The van der Waals surface area contributed by atoms with Gasteiger partial charge in [0.2, 0.25) is 0 Å². The Morgan fingerprint density at radius 2 is 2.14 bits per heavy atom. The molecule has 1 rings (SSSR count). The normalized spacial score (nSPS) is 12.1. The Kier molecular flexibility index (Phi) is 5.24. The summed E-state index contributed by atoms with van der Waals surface area (Å²) in [4.78, 5) is 26.6. The van der Waals surface area contributed by atoms with E-state index in [1.165, 1.54) is 12.3 Å². The first-order valence-electron chi connectivity index (χ1n) is 6.28. The molecule has 1 atom stereocenters. The summed E-state index contributed by atoms with van der Waals surface area (Å²) in [5.74, 6) is -1.18. The van der Waals surface area contributed by atoms with Gasteiger partial charge in [-0.1, -0.05) is 6.07 Å². The molecule has 0 aliphatic carbocycles. The van der Waals surface area contributed by atoms with E-state index in [9.17, 15) is 9.59 Å². The molecule has 112 valence electrons. The maximum Gasteiger partial charge on any atom is 0.408 e. The number of carbonyl (C=O) groups excluding carboxylic acids is 1.